The van der Waals surface area contributed by atoms with Crippen LogP contribution in [-0.2, 0) is 6.54 Å². The Labute approximate surface area is 170 Å². The van der Waals surface area contributed by atoms with Gasteiger partial charge in [-0.15, -0.1) is 0 Å². The number of anilines is 1. The van der Waals surface area contributed by atoms with Crippen LogP contribution in [0.15, 0.2) is 72.9 Å². The third-order valence-corrected chi connectivity index (χ3v) is 4.27. The maximum atomic E-state index is 12.7. The Bertz CT molecular complexity index is 972. The van der Waals surface area contributed by atoms with Crippen molar-refractivity contribution < 1.29 is 14.3 Å². The normalized spacial score (nSPS) is 10.3. The van der Waals surface area contributed by atoms with Gasteiger partial charge in [-0.1, -0.05) is 30.3 Å². The largest absolute Gasteiger partial charge is 0.494 e. The Morgan fingerprint density at radius 1 is 1.03 bits per heavy atom. The standard InChI is InChI=1S/C23H23N3O3/c1-3-29-20-11-9-19(10-12-20)25-22(27)21-15-18(13-14-24-21)23(28)26(2)16-17-7-5-4-6-8-17/h4-15H,3,16H2,1-2H3,(H,25,27). The molecule has 148 valence electrons. The van der Waals surface area contributed by atoms with Crippen LogP contribution in [0.25, 0.3) is 0 Å². The Hall–Kier alpha value is -3.67. The second-order valence-electron chi connectivity index (χ2n) is 6.49. The first-order valence-corrected chi connectivity index (χ1v) is 9.36. The van der Waals surface area contributed by atoms with Gasteiger partial charge >= 0.3 is 0 Å². The molecular weight excluding hydrogens is 366 g/mol. The third-order valence-electron chi connectivity index (χ3n) is 4.27. The predicted octanol–water partition coefficient (Wildman–Crippen LogP) is 4.00. The highest BCUT2D eigenvalue weighted by molar-refractivity contribution is 6.04. The quantitative estimate of drug-likeness (QED) is 0.663. The number of amides is 2. The molecular formula is C23H23N3O3. The smallest absolute Gasteiger partial charge is 0.274 e. The van der Waals surface area contributed by atoms with E-state index in [1.807, 2.05) is 37.3 Å². The summed E-state index contributed by atoms with van der Waals surface area (Å²) < 4.78 is 5.39. The van der Waals surface area contributed by atoms with Gasteiger partial charge < -0.3 is 15.0 Å². The molecule has 2 aromatic carbocycles. The lowest BCUT2D eigenvalue weighted by molar-refractivity contribution is 0.0785. The number of nitrogens with zero attached hydrogens (tertiary/aromatic N) is 2. The minimum Gasteiger partial charge on any atom is -0.494 e. The molecule has 29 heavy (non-hydrogen) atoms. The van der Waals surface area contributed by atoms with E-state index in [2.05, 4.69) is 10.3 Å². The summed E-state index contributed by atoms with van der Waals surface area (Å²) >= 11 is 0. The number of hydrogen-bond donors (Lipinski definition) is 1. The van der Waals surface area contributed by atoms with Gasteiger partial charge in [-0.25, -0.2) is 0 Å². The number of ether oxygens (including phenoxy) is 1. The lowest BCUT2D eigenvalue weighted by atomic mass is 10.1. The fourth-order valence-corrected chi connectivity index (χ4v) is 2.83. The van der Waals surface area contributed by atoms with E-state index in [-0.39, 0.29) is 17.5 Å². The molecule has 0 unspecified atom stereocenters. The van der Waals surface area contributed by atoms with Gasteiger partial charge in [0.05, 0.1) is 6.61 Å². The van der Waals surface area contributed by atoms with Crippen molar-refractivity contribution in [1.82, 2.24) is 9.88 Å². The van der Waals surface area contributed by atoms with Gasteiger partial charge in [0.15, 0.2) is 0 Å². The van der Waals surface area contributed by atoms with Crippen molar-refractivity contribution in [3.63, 3.8) is 0 Å². The number of carbonyl (C=O) groups is 2. The molecule has 0 radical (unpaired) electrons. The summed E-state index contributed by atoms with van der Waals surface area (Å²) in [6.07, 6.45) is 1.47. The second kappa shape index (κ2) is 9.50. The maximum Gasteiger partial charge on any atom is 0.274 e. The first-order valence-electron chi connectivity index (χ1n) is 9.36. The molecule has 0 aliphatic carbocycles. The highest BCUT2D eigenvalue weighted by Crippen LogP contribution is 2.17. The highest BCUT2D eigenvalue weighted by atomic mass is 16.5. The van der Waals surface area contributed by atoms with E-state index < -0.39 is 0 Å². The van der Waals surface area contributed by atoms with Gasteiger partial charge in [0.2, 0.25) is 0 Å². The van der Waals surface area contributed by atoms with E-state index in [1.165, 1.54) is 12.3 Å². The highest BCUT2D eigenvalue weighted by Gasteiger charge is 2.15. The molecule has 1 N–H and O–H groups in total. The van der Waals surface area contributed by atoms with Crippen molar-refractivity contribution in [2.24, 2.45) is 0 Å². The molecule has 2 amide bonds. The van der Waals surface area contributed by atoms with E-state index in [9.17, 15) is 9.59 Å². The summed E-state index contributed by atoms with van der Waals surface area (Å²) in [6.45, 7) is 2.97. The van der Waals surface area contributed by atoms with Crippen LogP contribution in [0.5, 0.6) is 5.75 Å². The lowest BCUT2D eigenvalue weighted by Gasteiger charge is -2.17. The number of hydrogen-bond acceptors (Lipinski definition) is 4. The zero-order chi connectivity index (χ0) is 20.6. The molecule has 0 spiro atoms. The molecule has 0 fully saturated rings. The summed E-state index contributed by atoms with van der Waals surface area (Å²) in [4.78, 5) is 31.0. The van der Waals surface area contributed by atoms with Crippen LogP contribution in [0.3, 0.4) is 0 Å². The number of carbonyl (C=O) groups excluding carboxylic acids is 2. The van der Waals surface area contributed by atoms with Crippen LogP contribution >= 0.6 is 0 Å². The molecule has 0 aliphatic heterocycles. The van der Waals surface area contributed by atoms with Crippen LogP contribution in [0.1, 0.15) is 33.3 Å². The van der Waals surface area contributed by atoms with Crippen molar-refractivity contribution in [3.8, 4) is 5.75 Å². The van der Waals surface area contributed by atoms with E-state index >= 15 is 0 Å². The van der Waals surface area contributed by atoms with Gasteiger partial charge in [0.1, 0.15) is 11.4 Å². The number of nitrogens with one attached hydrogen (secondary N) is 1. The lowest BCUT2D eigenvalue weighted by Crippen LogP contribution is -2.26. The third kappa shape index (κ3) is 5.42. The van der Waals surface area contributed by atoms with Crippen molar-refractivity contribution in [2.45, 2.75) is 13.5 Å². The fourth-order valence-electron chi connectivity index (χ4n) is 2.83. The van der Waals surface area contributed by atoms with Crippen molar-refractivity contribution >= 4 is 17.5 Å². The summed E-state index contributed by atoms with van der Waals surface area (Å²) in [5, 5.41) is 2.78. The molecule has 0 saturated heterocycles. The molecule has 6 heteroatoms. The zero-order valence-electron chi connectivity index (χ0n) is 16.5. The second-order valence-corrected chi connectivity index (χ2v) is 6.49. The fraction of sp³-hybridized carbons (Fsp3) is 0.174. The number of pyridine rings is 1. The van der Waals surface area contributed by atoms with Crippen molar-refractivity contribution in [3.05, 3.63) is 89.7 Å². The molecule has 0 atom stereocenters. The summed E-state index contributed by atoms with van der Waals surface area (Å²) in [6, 6.07) is 19.9. The minimum absolute atomic E-state index is 0.175. The summed E-state index contributed by atoms with van der Waals surface area (Å²) in [7, 11) is 1.73. The monoisotopic (exact) mass is 389 g/mol. The minimum atomic E-state index is -0.380. The van der Waals surface area contributed by atoms with Gasteiger partial charge in [0.25, 0.3) is 11.8 Å². The predicted molar refractivity (Wildman–Crippen MR) is 112 cm³/mol. The van der Waals surface area contributed by atoms with Crippen LogP contribution in [-0.4, -0.2) is 35.4 Å². The maximum absolute atomic E-state index is 12.7. The first-order chi connectivity index (χ1) is 14.1. The van der Waals surface area contributed by atoms with Gasteiger partial charge in [0, 0.05) is 31.0 Å². The van der Waals surface area contributed by atoms with E-state index in [0.29, 0.717) is 24.4 Å². The van der Waals surface area contributed by atoms with Crippen LogP contribution in [0.2, 0.25) is 0 Å². The zero-order valence-corrected chi connectivity index (χ0v) is 16.5. The number of aromatic nitrogens is 1. The average molecular weight is 389 g/mol. The van der Waals surface area contributed by atoms with Gasteiger partial charge in [-0.3, -0.25) is 14.6 Å². The molecule has 0 saturated carbocycles. The molecule has 0 bridgehead atoms. The Morgan fingerprint density at radius 2 is 1.76 bits per heavy atom. The SMILES string of the molecule is CCOc1ccc(NC(=O)c2cc(C(=O)N(C)Cc3ccccc3)ccn2)cc1. The van der Waals surface area contributed by atoms with E-state index in [1.54, 1.807) is 42.3 Å². The van der Waals surface area contributed by atoms with E-state index in [4.69, 9.17) is 4.74 Å². The molecule has 3 aromatic rings. The van der Waals surface area contributed by atoms with Crippen LogP contribution < -0.4 is 10.1 Å². The summed E-state index contributed by atoms with van der Waals surface area (Å²) in [5.74, 6) is 0.179. The van der Waals surface area contributed by atoms with Gasteiger partial charge in [-0.05, 0) is 48.9 Å². The van der Waals surface area contributed by atoms with E-state index in [0.717, 1.165) is 11.3 Å². The van der Waals surface area contributed by atoms with Crippen LogP contribution in [0, 0.1) is 0 Å². The Kier molecular flexibility index (Phi) is 6.58. The molecule has 1 heterocycles. The average Bonchev–Trinajstić information content (AvgIpc) is 2.75. The molecule has 3 rings (SSSR count). The molecule has 0 aliphatic rings. The Morgan fingerprint density at radius 3 is 2.45 bits per heavy atom. The summed E-state index contributed by atoms with van der Waals surface area (Å²) in [5.41, 5.74) is 2.25. The Balaban J connectivity index is 1.67. The molecule has 6 nitrogen and oxygen atoms in total. The van der Waals surface area contributed by atoms with Gasteiger partial charge in [-0.2, -0.15) is 0 Å². The molecule has 1 aromatic heterocycles. The first kappa shape index (κ1) is 20.1. The number of benzene rings is 2. The van der Waals surface area contributed by atoms with Crippen molar-refractivity contribution in [1.29, 1.82) is 0 Å². The van der Waals surface area contributed by atoms with Crippen LogP contribution in [0.4, 0.5) is 5.69 Å². The number of rotatable bonds is 7. The topological polar surface area (TPSA) is 71.5 Å². The van der Waals surface area contributed by atoms with Crippen molar-refractivity contribution in [2.75, 3.05) is 19.0 Å².